The van der Waals surface area contributed by atoms with Crippen LogP contribution in [0.25, 0.3) is 0 Å². The number of hydrogen-bond donors (Lipinski definition) is 2. The Morgan fingerprint density at radius 1 is 1.12 bits per heavy atom. The van der Waals surface area contributed by atoms with Crippen LogP contribution in [0.5, 0.6) is 5.75 Å². The summed E-state index contributed by atoms with van der Waals surface area (Å²) in [5.41, 5.74) is 1.23. The Morgan fingerprint density at radius 2 is 1.88 bits per heavy atom. The van der Waals surface area contributed by atoms with E-state index >= 15 is 0 Å². The number of rotatable bonds is 8. The standard InChI is InChI=1S/C19H21NO4/c1-2-11-24-16-10-6-9-15(13-16)18(21)20-17(19(22)23)12-14-7-4-3-5-8-14/h3-10,13,17H,2,11-12H2,1H3,(H,20,21)(H,22,23). The minimum Gasteiger partial charge on any atom is -0.494 e. The second kappa shape index (κ2) is 8.72. The number of ether oxygens (including phenoxy) is 1. The average molecular weight is 327 g/mol. The minimum atomic E-state index is -1.06. The summed E-state index contributed by atoms with van der Waals surface area (Å²) < 4.78 is 5.50. The third kappa shape index (κ3) is 5.12. The molecule has 0 aliphatic heterocycles. The highest BCUT2D eigenvalue weighted by atomic mass is 16.5. The van der Waals surface area contributed by atoms with Gasteiger partial charge in [-0.1, -0.05) is 43.3 Å². The van der Waals surface area contributed by atoms with Gasteiger partial charge in [-0.25, -0.2) is 4.79 Å². The highest BCUT2D eigenvalue weighted by Crippen LogP contribution is 2.14. The minimum absolute atomic E-state index is 0.230. The summed E-state index contributed by atoms with van der Waals surface area (Å²) in [7, 11) is 0. The molecule has 0 saturated heterocycles. The number of nitrogens with one attached hydrogen (secondary N) is 1. The lowest BCUT2D eigenvalue weighted by molar-refractivity contribution is -0.139. The van der Waals surface area contributed by atoms with Crippen molar-refractivity contribution in [3.05, 3.63) is 65.7 Å². The smallest absolute Gasteiger partial charge is 0.326 e. The molecule has 0 fully saturated rings. The Balaban J connectivity index is 2.06. The summed E-state index contributed by atoms with van der Waals surface area (Å²) in [6.45, 7) is 2.56. The van der Waals surface area contributed by atoms with E-state index in [0.717, 1.165) is 12.0 Å². The predicted octanol–water partition coefficient (Wildman–Crippen LogP) is 2.90. The molecule has 0 aliphatic rings. The van der Waals surface area contributed by atoms with Crippen LogP contribution in [0, 0.1) is 0 Å². The number of carboxylic acid groups (broad SMARTS) is 1. The molecule has 0 aliphatic carbocycles. The Bertz CT molecular complexity index is 685. The second-order valence-corrected chi connectivity index (χ2v) is 5.43. The molecular weight excluding hydrogens is 306 g/mol. The summed E-state index contributed by atoms with van der Waals surface area (Å²) >= 11 is 0. The van der Waals surface area contributed by atoms with Gasteiger partial charge in [-0.15, -0.1) is 0 Å². The van der Waals surface area contributed by atoms with Crippen LogP contribution in [0.2, 0.25) is 0 Å². The van der Waals surface area contributed by atoms with Gasteiger partial charge in [0.2, 0.25) is 0 Å². The second-order valence-electron chi connectivity index (χ2n) is 5.43. The van der Waals surface area contributed by atoms with Crippen molar-refractivity contribution in [2.75, 3.05) is 6.61 Å². The predicted molar refractivity (Wildman–Crippen MR) is 91.3 cm³/mol. The lowest BCUT2D eigenvalue weighted by Crippen LogP contribution is -2.42. The number of carbonyl (C=O) groups is 2. The average Bonchev–Trinajstić information content (AvgIpc) is 2.60. The van der Waals surface area contributed by atoms with E-state index in [2.05, 4.69) is 5.32 Å². The number of benzene rings is 2. The maximum atomic E-state index is 12.3. The first-order chi connectivity index (χ1) is 11.6. The van der Waals surface area contributed by atoms with Crippen LogP contribution >= 0.6 is 0 Å². The van der Waals surface area contributed by atoms with Crippen molar-refractivity contribution in [3.8, 4) is 5.75 Å². The van der Waals surface area contributed by atoms with Gasteiger partial charge in [0.1, 0.15) is 11.8 Å². The Labute approximate surface area is 141 Å². The van der Waals surface area contributed by atoms with E-state index in [9.17, 15) is 14.7 Å². The fourth-order valence-corrected chi connectivity index (χ4v) is 2.24. The van der Waals surface area contributed by atoms with E-state index in [1.807, 2.05) is 37.3 Å². The molecule has 1 unspecified atom stereocenters. The SMILES string of the molecule is CCCOc1cccc(C(=O)NC(Cc2ccccc2)C(=O)O)c1. The molecule has 2 rings (SSSR count). The molecule has 1 atom stereocenters. The van der Waals surface area contributed by atoms with Gasteiger partial charge < -0.3 is 15.2 Å². The van der Waals surface area contributed by atoms with E-state index in [4.69, 9.17) is 4.74 Å². The lowest BCUT2D eigenvalue weighted by Gasteiger charge is -2.15. The molecule has 0 radical (unpaired) electrons. The molecule has 2 aromatic rings. The number of hydrogen-bond acceptors (Lipinski definition) is 3. The Morgan fingerprint density at radius 3 is 2.54 bits per heavy atom. The van der Waals surface area contributed by atoms with Crippen LogP contribution in [0.1, 0.15) is 29.3 Å². The maximum Gasteiger partial charge on any atom is 0.326 e. The van der Waals surface area contributed by atoms with Crippen molar-refractivity contribution >= 4 is 11.9 Å². The molecule has 5 heteroatoms. The molecular formula is C19H21NO4. The van der Waals surface area contributed by atoms with Gasteiger partial charge in [-0.3, -0.25) is 4.79 Å². The van der Waals surface area contributed by atoms with Crippen LogP contribution < -0.4 is 10.1 Å². The first-order valence-corrected chi connectivity index (χ1v) is 7.90. The fraction of sp³-hybridized carbons (Fsp3) is 0.263. The normalized spacial score (nSPS) is 11.5. The summed E-state index contributed by atoms with van der Waals surface area (Å²) in [4.78, 5) is 23.8. The summed E-state index contributed by atoms with van der Waals surface area (Å²) in [6, 6.07) is 15.0. The zero-order chi connectivity index (χ0) is 17.4. The number of amides is 1. The van der Waals surface area contributed by atoms with E-state index in [1.54, 1.807) is 24.3 Å². The van der Waals surface area contributed by atoms with Gasteiger partial charge in [0.15, 0.2) is 0 Å². The van der Waals surface area contributed by atoms with E-state index < -0.39 is 17.9 Å². The van der Waals surface area contributed by atoms with E-state index in [-0.39, 0.29) is 6.42 Å². The lowest BCUT2D eigenvalue weighted by atomic mass is 10.1. The summed E-state index contributed by atoms with van der Waals surface area (Å²) in [6.07, 6.45) is 1.10. The van der Waals surface area contributed by atoms with Gasteiger partial charge in [-0.05, 0) is 30.2 Å². The highest BCUT2D eigenvalue weighted by molar-refractivity contribution is 5.96. The Hall–Kier alpha value is -2.82. The van der Waals surface area contributed by atoms with Crippen LogP contribution in [0.3, 0.4) is 0 Å². The van der Waals surface area contributed by atoms with Crippen LogP contribution in [-0.4, -0.2) is 29.6 Å². The van der Waals surface area contributed by atoms with Gasteiger partial charge in [0, 0.05) is 12.0 Å². The van der Waals surface area contributed by atoms with Crippen LogP contribution in [-0.2, 0) is 11.2 Å². The molecule has 0 bridgehead atoms. The molecule has 5 nitrogen and oxygen atoms in total. The highest BCUT2D eigenvalue weighted by Gasteiger charge is 2.21. The molecule has 126 valence electrons. The molecule has 1 amide bonds. The van der Waals surface area contributed by atoms with Crippen LogP contribution in [0.4, 0.5) is 0 Å². The van der Waals surface area contributed by atoms with Gasteiger partial charge >= 0.3 is 5.97 Å². The van der Waals surface area contributed by atoms with Crippen molar-refractivity contribution in [2.24, 2.45) is 0 Å². The topological polar surface area (TPSA) is 75.6 Å². The summed E-state index contributed by atoms with van der Waals surface area (Å²) in [5.74, 6) is -0.898. The van der Waals surface area contributed by atoms with Gasteiger partial charge in [0.25, 0.3) is 5.91 Å². The number of aliphatic carboxylic acids is 1. The van der Waals surface area contributed by atoms with Gasteiger partial charge in [-0.2, -0.15) is 0 Å². The quantitative estimate of drug-likeness (QED) is 0.782. The number of carboxylic acids is 1. The number of carbonyl (C=O) groups excluding carboxylic acids is 1. The molecule has 0 saturated carbocycles. The third-order valence-corrected chi connectivity index (χ3v) is 3.46. The first-order valence-electron chi connectivity index (χ1n) is 7.90. The maximum absolute atomic E-state index is 12.3. The molecule has 24 heavy (non-hydrogen) atoms. The first kappa shape index (κ1) is 17.5. The van der Waals surface area contributed by atoms with Crippen LogP contribution in [0.15, 0.2) is 54.6 Å². The zero-order valence-corrected chi connectivity index (χ0v) is 13.6. The summed E-state index contributed by atoms with van der Waals surface area (Å²) in [5, 5.41) is 11.9. The van der Waals surface area contributed by atoms with E-state index in [1.165, 1.54) is 0 Å². The van der Waals surface area contributed by atoms with Crippen molar-refractivity contribution in [1.29, 1.82) is 0 Å². The molecule has 0 aromatic heterocycles. The fourth-order valence-electron chi connectivity index (χ4n) is 2.24. The van der Waals surface area contributed by atoms with Crippen molar-refractivity contribution in [2.45, 2.75) is 25.8 Å². The monoisotopic (exact) mass is 327 g/mol. The van der Waals surface area contributed by atoms with Crippen molar-refractivity contribution in [1.82, 2.24) is 5.32 Å². The Kier molecular flexibility index (Phi) is 6.37. The van der Waals surface area contributed by atoms with Crippen molar-refractivity contribution < 1.29 is 19.4 Å². The molecule has 0 spiro atoms. The van der Waals surface area contributed by atoms with Gasteiger partial charge in [0.05, 0.1) is 6.61 Å². The largest absolute Gasteiger partial charge is 0.494 e. The zero-order valence-electron chi connectivity index (χ0n) is 13.6. The molecule has 2 N–H and O–H groups in total. The van der Waals surface area contributed by atoms with Crippen molar-refractivity contribution in [3.63, 3.8) is 0 Å². The third-order valence-electron chi connectivity index (χ3n) is 3.46. The molecule has 2 aromatic carbocycles. The molecule has 0 heterocycles. The van der Waals surface area contributed by atoms with E-state index in [0.29, 0.717) is 17.9 Å².